The average molecular weight is 288 g/mol. The van der Waals surface area contributed by atoms with E-state index in [2.05, 4.69) is 18.9 Å². The number of hydrogen-bond donors (Lipinski definition) is 0. The van der Waals surface area contributed by atoms with Crippen LogP contribution in [0.5, 0.6) is 0 Å². The highest BCUT2D eigenvalue weighted by Gasteiger charge is 2.29. The van der Waals surface area contributed by atoms with Gasteiger partial charge in [0.25, 0.3) is 0 Å². The number of carbonyl (C=O) groups excluding carboxylic acids is 1. The summed E-state index contributed by atoms with van der Waals surface area (Å²) in [5.41, 5.74) is 0.464. The van der Waals surface area contributed by atoms with Crippen LogP contribution in [0.1, 0.15) is 33.1 Å². The molecular weight excluding hydrogens is 268 g/mol. The highest BCUT2D eigenvalue weighted by Crippen LogP contribution is 2.22. The molecule has 0 aliphatic carbocycles. The second-order valence-electron chi connectivity index (χ2n) is 5.82. The molecule has 3 rings (SSSR count). The Bertz CT molecular complexity index is 708. The van der Waals surface area contributed by atoms with Gasteiger partial charge >= 0.3 is 5.69 Å². The predicted molar refractivity (Wildman–Crippen MR) is 79.1 cm³/mol. The minimum atomic E-state index is -0.275. The van der Waals surface area contributed by atoms with E-state index in [4.69, 9.17) is 0 Å². The van der Waals surface area contributed by atoms with E-state index in [0.29, 0.717) is 0 Å². The topological polar surface area (TPSA) is 59.6 Å². The first-order valence-corrected chi connectivity index (χ1v) is 7.42. The fourth-order valence-corrected chi connectivity index (χ4v) is 3.21. The summed E-state index contributed by atoms with van der Waals surface area (Å²) in [5.74, 6) is -0.0317. The third-order valence-corrected chi connectivity index (χ3v) is 4.30. The number of fused-ring (bicyclic) bond motifs is 1. The van der Waals surface area contributed by atoms with Gasteiger partial charge in [-0.25, -0.2) is 9.48 Å². The van der Waals surface area contributed by atoms with Crippen LogP contribution >= 0.6 is 0 Å². The van der Waals surface area contributed by atoms with Gasteiger partial charge in [-0.3, -0.25) is 9.20 Å². The zero-order chi connectivity index (χ0) is 15.0. The number of aromatic nitrogens is 3. The maximum Gasteiger partial charge on any atom is 0.349 e. The number of amides is 1. The van der Waals surface area contributed by atoms with Gasteiger partial charge in [0.1, 0.15) is 6.54 Å². The van der Waals surface area contributed by atoms with Crippen molar-refractivity contribution >= 4 is 11.4 Å². The molecule has 0 bridgehead atoms. The molecule has 0 spiro atoms. The Balaban J connectivity index is 1.85. The SMILES string of the molecule is C[C@H]1CCC[C@H](C)N1C(=O)Cn1ncc2cccn2c1=O. The lowest BCUT2D eigenvalue weighted by Gasteiger charge is -2.39. The van der Waals surface area contributed by atoms with Crippen LogP contribution < -0.4 is 5.69 Å². The molecule has 2 atom stereocenters. The number of piperidine rings is 1. The quantitative estimate of drug-likeness (QED) is 0.836. The largest absolute Gasteiger partial charge is 0.349 e. The molecule has 0 aromatic carbocycles. The first kappa shape index (κ1) is 13.9. The molecule has 3 heterocycles. The van der Waals surface area contributed by atoms with Crippen LogP contribution in [0.2, 0.25) is 0 Å². The zero-order valence-electron chi connectivity index (χ0n) is 12.4. The first-order valence-electron chi connectivity index (χ1n) is 7.42. The van der Waals surface area contributed by atoms with E-state index in [1.165, 1.54) is 9.08 Å². The molecule has 1 aliphatic rings. The van der Waals surface area contributed by atoms with Crippen LogP contribution in [0.25, 0.3) is 5.52 Å². The smallest absolute Gasteiger partial charge is 0.336 e. The molecule has 2 aromatic rings. The molecule has 1 saturated heterocycles. The molecule has 0 saturated carbocycles. The lowest BCUT2D eigenvalue weighted by molar-refractivity contribution is -0.138. The highest BCUT2D eigenvalue weighted by molar-refractivity contribution is 5.76. The van der Waals surface area contributed by atoms with Crippen LogP contribution in [0.3, 0.4) is 0 Å². The van der Waals surface area contributed by atoms with Crippen molar-refractivity contribution in [3.05, 3.63) is 35.0 Å². The van der Waals surface area contributed by atoms with Gasteiger partial charge in [-0.15, -0.1) is 0 Å². The molecule has 0 unspecified atom stereocenters. The Labute approximate surface area is 123 Å². The fourth-order valence-electron chi connectivity index (χ4n) is 3.21. The molecule has 1 fully saturated rings. The molecule has 1 amide bonds. The van der Waals surface area contributed by atoms with Crippen molar-refractivity contribution in [2.75, 3.05) is 0 Å². The van der Waals surface area contributed by atoms with Gasteiger partial charge in [0, 0.05) is 18.3 Å². The maximum atomic E-state index is 12.5. The van der Waals surface area contributed by atoms with Crippen molar-refractivity contribution in [1.29, 1.82) is 0 Å². The Morgan fingerprint density at radius 3 is 2.76 bits per heavy atom. The van der Waals surface area contributed by atoms with Crippen molar-refractivity contribution in [3.8, 4) is 0 Å². The van der Waals surface area contributed by atoms with E-state index in [-0.39, 0.29) is 30.2 Å². The van der Waals surface area contributed by atoms with E-state index in [0.717, 1.165) is 24.8 Å². The molecule has 0 radical (unpaired) electrons. The molecule has 2 aromatic heterocycles. The standard InChI is InChI=1S/C15H20N4O2/c1-11-5-3-6-12(2)19(11)14(20)10-18-15(21)17-8-4-7-13(17)9-16-18/h4,7-9,11-12H,3,5-6,10H2,1-2H3/t11-,12-/m0/s1. The Morgan fingerprint density at radius 1 is 1.33 bits per heavy atom. The van der Waals surface area contributed by atoms with Crippen molar-refractivity contribution < 1.29 is 4.79 Å². The third kappa shape index (κ3) is 2.46. The predicted octanol–water partition coefficient (Wildman–Crippen LogP) is 1.29. The van der Waals surface area contributed by atoms with E-state index in [1.54, 1.807) is 18.5 Å². The summed E-state index contributed by atoms with van der Waals surface area (Å²) in [6.45, 7) is 4.14. The molecule has 6 heteroatoms. The zero-order valence-corrected chi connectivity index (χ0v) is 12.4. The van der Waals surface area contributed by atoms with Gasteiger partial charge in [-0.05, 0) is 45.2 Å². The molecular formula is C15H20N4O2. The number of hydrogen-bond acceptors (Lipinski definition) is 3. The number of carbonyl (C=O) groups is 1. The lowest BCUT2D eigenvalue weighted by atomic mass is 9.97. The van der Waals surface area contributed by atoms with Crippen molar-refractivity contribution in [3.63, 3.8) is 0 Å². The second-order valence-corrected chi connectivity index (χ2v) is 5.82. The van der Waals surface area contributed by atoms with Crippen LogP contribution in [0.4, 0.5) is 0 Å². The third-order valence-electron chi connectivity index (χ3n) is 4.30. The van der Waals surface area contributed by atoms with Crippen molar-refractivity contribution in [1.82, 2.24) is 19.1 Å². The number of likely N-dealkylation sites (tertiary alicyclic amines) is 1. The molecule has 0 N–H and O–H groups in total. The fraction of sp³-hybridized carbons (Fsp3) is 0.533. The lowest BCUT2D eigenvalue weighted by Crippen LogP contribution is -2.49. The summed E-state index contributed by atoms with van der Waals surface area (Å²) < 4.78 is 2.74. The van der Waals surface area contributed by atoms with Gasteiger partial charge in [-0.1, -0.05) is 0 Å². The monoisotopic (exact) mass is 288 g/mol. The second kappa shape index (κ2) is 5.35. The van der Waals surface area contributed by atoms with Crippen LogP contribution in [0.15, 0.2) is 29.3 Å². The van der Waals surface area contributed by atoms with E-state index in [1.807, 2.05) is 11.0 Å². The highest BCUT2D eigenvalue weighted by atomic mass is 16.2. The summed E-state index contributed by atoms with van der Waals surface area (Å²) in [7, 11) is 0. The van der Waals surface area contributed by atoms with Gasteiger partial charge in [0.15, 0.2) is 0 Å². The van der Waals surface area contributed by atoms with Crippen molar-refractivity contribution in [2.24, 2.45) is 0 Å². The summed E-state index contributed by atoms with van der Waals surface area (Å²) in [6.07, 6.45) is 6.49. The Morgan fingerprint density at radius 2 is 2.05 bits per heavy atom. The van der Waals surface area contributed by atoms with Gasteiger partial charge in [0.2, 0.25) is 5.91 Å². The van der Waals surface area contributed by atoms with Crippen LogP contribution in [-0.4, -0.2) is 37.1 Å². The number of rotatable bonds is 2. The Kier molecular flexibility index (Phi) is 3.53. The van der Waals surface area contributed by atoms with E-state index in [9.17, 15) is 9.59 Å². The van der Waals surface area contributed by atoms with Crippen LogP contribution in [0, 0.1) is 0 Å². The Hall–Kier alpha value is -2.11. The minimum Gasteiger partial charge on any atom is -0.336 e. The number of nitrogens with zero attached hydrogens (tertiary/aromatic N) is 4. The van der Waals surface area contributed by atoms with Crippen molar-refractivity contribution in [2.45, 2.75) is 51.7 Å². The molecule has 21 heavy (non-hydrogen) atoms. The van der Waals surface area contributed by atoms with Crippen LogP contribution in [-0.2, 0) is 11.3 Å². The van der Waals surface area contributed by atoms with Gasteiger partial charge < -0.3 is 4.90 Å². The van der Waals surface area contributed by atoms with E-state index < -0.39 is 0 Å². The normalized spacial score (nSPS) is 22.7. The first-order chi connectivity index (χ1) is 10.1. The van der Waals surface area contributed by atoms with Gasteiger partial charge in [0.05, 0.1) is 11.7 Å². The summed E-state index contributed by atoms with van der Waals surface area (Å²) >= 11 is 0. The molecule has 6 nitrogen and oxygen atoms in total. The average Bonchev–Trinajstić information content (AvgIpc) is 2.91. The maximum absolute atomic E-state index is 12.5. The molecule has 1 aliphatic heterocycles. The summed E-state index contributed by atoms with van der Waals surface area (Å²) in [5, 5.41) is 4.10. The molecule has 112 valence electrons. The van der Waals surface area contributed by atoms with Gasteiger partial charge in [-0.2, -0.15) is 5.10 Å². The summed E-state index contributed by atoms with van der Waals surface area (Å²) in [4.78, 5) is 26.7. The summed E-state index contributed by atoms with van der Waals surface area (Å²) in [6, 6.07) is 4.06. The van der Waals surface area contributed by atoms with E-state index >= 15 is 0 Å². The minimum absolute atomic E-state index is 0.00162.